The van der Waals surface area contributed by atoms with E-state index in [1.165, 1.54) is 17.7 Å². The van der Waals surface area contributed by atoms with E-state index in [1.54, 1.807) is 4.57 Å². The summed E-state index contributed by atoms with van der Waals surface area (Å²) in [7, 11) is 0. The second kappa shape index (κ2) is 8.71. The molecule has 0 spiro atoms. The molecule has 0 bridgehead atoms. The van der Waals surface area contributed by atoms with Crippen molar-refractivity contribution in [2.75, 3.05) is 0 Å². The minimum Gasteiger partial charge on any atom is -0.480 e. The SMILES string of the molecule is Cc1cccc(CCC(=O)N[C@@H]2CCc3c(c4cc(F)cc(Cl)c4n3CC(=O)O)C2)c1. The molecule has 3 aromatic rings. The number of aryl methyl sites for hydroxylation is 2. The first-order valence-electron chi connectivity index (χ1n) is 10.4. The average Bonchev–Trinajstić information content (AvgIpc) is 2.99. The number of amides is 1. The smallest absolute Gasteiger partial charge is 0.323 e. The molecule has 2 N–H and O–H groups in total. The zero-order valence-electron chi connectivity index (χ0n) is 17.3. The molecule has 162 valence electrons. The molecule has 7 heteroatoms. The summed E-state index contributed by atoms with van der Waals surface area (Å²) in [5.74, 6) is -1.46. The third-order valence-corrected chi connectivity index (χ3v) is 6.15. The van der Waals surface area contributed by atoms with Gasteiger partial charge in [0.25, 0.3) is 0 Å². The summed E-state index contributed by atoms with van der Waals surface area (Å²) >= 11 is 6.28. The van der Waals surface area contributed by atoms with Crippen LogP contribution in [0.3, 0.4) is 0 Å². The molecule has 0 radical (unpaired) electrons. The van der Waals surface area contributed by atoms with Crippen LogP contribution >= 0.6 is 11.6 Å². The van der Waals surface area contributed by atoms with E-state index in [0.717, 1.165) is 16.8 Å². The monoisotopic (exact) mass is 442 g/mol. The predicted molar refractivity (Wildman–Crippen MR) is 118 cm³/mol. The van der Waals surface area contributed by atoms with Crippen LogP contribution < -0.4 is 5.32 Å². The summed E-state index contributed by atoms with van der Waals surface area (Å²) < 4.78 is 15.7. The Morgan fingerprint density at radius 2 is 2.10 bits per heavy atom. The molecular weight excluding hydrogens is 419 g/mol. The normalized spacial score (nSPS) is 15.6. The Kier molecular flexibility index (Phi) is 6.01. The highest BCUT2D eigenvalue weighted by Gasteiger charge is 2.28. The number of carbonyl (C=O) groups excluding carboxylic acids is 1. The maximum Gasteiger partial charge on any atom is 0.323 e. The minimum atomic E-state index is -0.980. The summed E-state index contributed by atoms with van der Waals surface area (Å²) in [6, 6.07) is 10.6. The Hall–Kier alpha value is -2.86. The summed E-state index contributed by atoms with van der Waals surface area (Å²) in [6.07, 6.45) is 2.88. The van der Waals surface area contributed by atoms with Gasteiger partial charge in [-0.1, -0.05) is 41.4 Å². The van der Waals surface area contributed by atoms with Gasteiger partial charge in [0.15, 0.2) is 0 Å². The van der Waals surface area contributed by atoms with Gasteiger partial charge in [-0.2, -0.15) is 0 Å². The number of carbonyl (C=O) groups is 2. The molecule has 0 aliphatic heterocycles. The molecule has 1 atom stereocenters. The van der Waals surface area contributed by atoms with E-state index < -0.39 is 11.8 Å². The molecule has 0 unspecified atom stereocenters. The van der Waals surface area contributed by atoms with E-state index in [-0.39, 0.29) is 23.5 Å². The Balaban J connectivity index is 1.52. The molecule has 31 heavy (non-hydrogen) atoms. The Morgan fingerprint density at radius 1 is 1.29 bits per heavy atom. The van der Waals surface area contributed by atoms with E-state index in [0.29, 0.717) is 43.0 Å². The molecule has 1 aliphatic rings. The van der Waals surface area contributed by atoms with Gasteiger partial charge in [0.2, 0.25) is 5.91 Å². The first kappa shape index (κ1) is 21.4. The number of carboxylic acids is 1. The van der Waals surface area contributed by atoms with E-state index >= 15 is 0 Å². The summed E-state index contributed by atoms with van der Waals surface area (Å²) in [6.45, 7) is 1.80. The largest absolute Gasteiger partial charge is 0.480 e. The van der Waals surface area contributed by atoms with Crippen molar-refractivity contribution in [3.05, 3.63) is 69.6 Å². The lowest BCUT2D eigenvalue weighted by Crippen LogP contribution is -2.39. The highest BCUT2D eigenvalue weighted by molar-refractivity contribution is 6.35. The van der Waals surface area contributed by atoms with Crippen molar-refractivity contribution in [2.24, 2.45) is 0 Å². The molecule has 1 aliphatic carbocycles. The average molecular weight is 443 g/mol. The highest BCUT2D eigenvalue weighted by Crippen LogP contribution is 2.36. The maximum absolute atomic E-state index is 14.1. The molecule has 0 fully saturated rings. The van der Waals surface area contributed by atoms with Crippen LogP contribution in [0.2, 0.25) is 5.02 Å². The third-order valence-electron chi connectivity index (χ3n) is 5.86. The van der Waals surface area contributed by atoms with Crippen molar-refractivity contribution >= 4 is 34.4 Å². The number of halogens is 2. The summed E-state index contributed by atoms with van der Waals surface area (Å²) in [5, 5.41) is 13.3. The second-order valence-electron chi connectivity index (χ2n) is 8.19. The quantitative estimate of drug-likeness (QED) is 0.593. The zero-order valence-corrected chi connectivity index (χ0v) is 18.0. The number of hydrogen-bond donors (Lipinski definition) is 2. The summed E-state index contributed by atoms with van der Waals surface area (Å²) in [5.41, 5.74) is 4.56. The van der Waals surface area contributed by atoms with Crippen LogP contribution in [0.25, 0.3) is 10.9 Å². The fourth-order valence-corrected chi connectivity index (χ4v) is 4.86. The van der Waals surface area contributed by atoms with E-state index in [4.69, 9.17) is 11.6 Å². The lowest BCUT2D eigenvalue weighted by Gasteiger charge is -2.25. The van der Waals surface area contributed by atoms with Crippen molar-refractivity contribution in [3.63, 3.8) is 0 Å². The third kappa shape index (κ3) is 4.59. The molecular formula is C24H24ClFN2O3. The number of fused-ring (bicyclic) bond motifs is 3. The van der Waals surface area contributed by atoms with Gasteiger partial charge >= 0.3 is 5.97 Å². The van der Waals surface area contributed by atoms with E-state index in [9.17, 15) is 19.1 Å². The molecule has 2 aromatic carbocycles. The van der Waals surface area contributed by atoms with Crippen molar-refractivity contribution in [3.8, 4) is 0 Å². The lowest BCUT2D eigenvalue weighted by atomic mass is 9.91. The molecule has 5 nitrogen and oxygen atoms in total. The van der Waals surface area contributed by atoms with Crippen LogP contribution in [0.1, 0.15) is 35.2 Å². The predicted octanol–water partition coefficient (Wildman–Crippen LogP) is 4.43. The lowest BCUT2D eigenvalue weighted by molar-refractivity contribution is -0.137. The van der Waals surface area contributed by atoms with Gasteiger partial charge in [-0.25, -0.2) is 4.39 Å². The van der Waals surface area contributed by atoms with Gasteiger partial charge in [0.1, 0.15) is 12.4 Å². The van der Waals surface area contributed by atoms with Crippen molar-refractivity contribution in [1.29, 1.82) is 0 Å². The summed E-state index contributed by atoms with van der Waals surface area (Å²) in [4.78, 5) is 23.9. The topological polar surface area (TPSA) is 71.3 Å². The minimum absolute atomic E-state index is 0.0200. The van der Waals surface area contributed by atoms with Crippen LogP contribution in [0.15, 0.2) is 36.4 Å². The molecule has 1 aromatic heterocycles. The van der Waals surface area contributed by atoms with Crippen LogP contribution in [-0.4, -0.2) is 27.6 Å². The number of aliphatic carboxylic acids is 1. The Labute approximate surface area is 184 Å². The maximum atomic E-state index is 14.1. The fourth-order valence-electron chi connectivity index (χ4n) is 4.56. The van der Waals surface area contributed by atoms with Gasteiger partial charge in [-0.05, 0) is 55.9 Å². The van der Waals surface area contributed by atoms with Gasteiger partial charge in [-0.3, -0.25) is 9.59 Å². The van der Waals surface area contributed by atoms with Crippen LogP contribution in [0.5, 0.6) is 0 Å². The van der Waals surface area contributed by atoms with Gasteiger partial charge in [0, 0.05) is 23.5 Å². The number of rotatable bonds is 6. The van der Waals surface area contributed by atoms with Crippen LogP contribution in [0, 0.1) is 12.7 Å². The van der Waals surface area contributed by atoms with Gasteiger partial charge in [-0.15, -0.1) is 0 Å². The highest BCUT2D eigenvalue weighted by atomic mass is 35.5. The number of hydrogen-bond acceptors (Lipinski definition) is 2. The Bertz CT molecular complexity index is 1170. The van der Waals surface area contributed by atoms with Crippen molar-refractivity contribution < 1.29 is 19.1 Å². The fraction of sp³-hybridized carbons (Fsp3) is 0.333. The van der Waals surface area contributed by atoms with Crippen molar-refractivity contribution in [1.82, 2.24) is 9.88 Å². The molecule has 1 heterocycles. The van der Waals surface area contributed by atoms with Crippen molar-refractivity contribution in [2.45, 2.75) is 51.6 Å². The molecule has 1 amide bonds. The van der Waals surface area contributed by atoms with Gasteiger partial charge in [0.05, 0.1) is 10.5 Å². The number of aromatic nitrogens is 1. The first-order valence-corrected chi connectivity index (χ1v) is 10.8. The number of benzene rings is 2. The Morgan fingerprint density at radius 3 is 2.84 bits per heavy atom. The zero-order chi connectivity index (χ0) is 22.1. The molecule has 0 saturated heterocycles. The number of carboxylic acid groups (broad SMARTS) is 1. The van der Waals surface area contributed by atoms with Crippen LogP contribution in [-0.2, 0) is 35.4 Å². The number of nitrogens with zero attached hydrogens (tertiary/aromatic N) is 1. The standard InChI is InChI=1S/C24H24ClFN2O3/c1-14-3-2-4-15(9-14)5-8-22(29)27-17-6-7-21-18(12-17)19-10-16(26)11-20(25)24(19)28(21)13-23(30)31/h2-4,9-11,17H,5-8,12-13H2,1H3,(H,27,29)(H,30,31)/t17-/m1/s1. The molecule has 0 saturated carbocycles. The first-order chi connectivity index (χ1) is 14.8. The second-order valence-corrected chi connectivity index (χ2v) is 8.59. The van der Waals surface area contributed by atoms with Crippen LogP contribution in [0.4, 0.5) is 4.39 Å². The van der Waals surface area contributed by atoms with Gasteiger partial charge < -0.3 is 15.0 Å². The molecule has 4 rings (SSSR count). The number of nitrogens with one attached hydrogen (secondary N) is 1. The van der Waals surface area contributed by atoms with E-state index in [2.05, 4.69) is 11.4 Å². The van der Waals surface area contributed by atoms with E-state index in [1.807, 2.05) is 25.1 Å².